The summed E-state index contributed by atoms with van der Waals surface area (Å²) in [5.41, 5.74) is 3.01. The number of Topliss-reactive ketones (excluding diaryl/α,β-unsaturated/α-hetero) is 1. The van der Waals surface area contributed by atoms with Crippen LogP contribution in [0, 0.1) is 30.1 Å². The second kappa shape index (κ2) is 15.6. The summed E-state index contributed by atoms with van der Waals surface area (Å²) in [6.07, 6.45) is -0.110. The number of hydrogen-bond donors (Lipinski definition) is 6. The number of phenolic OH excluding ortho intramolecular Hbond substituents is 1. The lowest BCUT2D eigenvalue weighted by Gasteiger charge is -2.57. The molecule has 1 saturated carbocycles. The highest BCUT2D eigenvalue weighted by molar-refractivity contribution is 6.09. The molecule has 0 amide bonds. The molecule has 6 N–H and O–H groups in total. The van der Waals surface area contributed by atoms with Crippen molar-refractivity contribution in [1.29, 1.82) is 0 Å². The van der Waals surface area contributed by atoms with Gasteiger partial charge in [0, 0.05) is 25.0 Å². The van der Waals surface area contributed by atoms with Crippen molar-refractivity contribution in [2.24, 2.45) is 23.2 Å². The number of carbonyl (C=O) groups is 2. The number of aryl methyl sites for hydroxylation is 2. The molecule has 2 aliphatic carbocycles. The minimum Gasteiger partial charge on any atom is -0.506 e. The van der Waals surface area contributed by atoms with Crippen molar-refractivity contribution >= 4 is 22.5 Å². The van der Waals surface area contributed by atoms with Gasteiger partial charge in [0.1, 0.15) is 35.4 Å². The van der Waals surface area contributed by atoms with Crippen LogP contribution in [0.2, 0.25) is 0 Å². The number of phenols is 1. The first-order valence-corrected chi connectivity index (χ1v) is 20.1. The molecule has 8 rings (SSSR count). The minimum absolute atomic E-state index is 0.0441. The highest BCUT2D eigenvalue weighted by atomic mass is 16.7. The van der Waals surface area contributed by atoms with Crippen LogP contribution in [-0.4, -0.2) is 106 Å². The number of aliphatic hydroxyl groups excluding tert-OH is 4. The molecule has 0 bridgehead atoms. The third-order valence-corrected chi connectivity index (χ3v) is 13.6. The van der Waals surface area contributed by atoms with E-state index in [9.17, 15) is 40.2 Å². The average Bonchev–Trinajstić information content (AvgIpc) is 3.57. The van der Waals surface area contributed by atoms with Crippen LogP contribution in [0.4, 0.5) is 0 Å². The molecule has 9 atom stereocenters. The van der Waals surface area contributed by atoms with Crippen molar-refractivity contribution in [2.75, 3.05) is 33.0 Å². The third-order valence-electron chi connectivity index (χ3n) is 13.6. The lowest BCUT2D eigenvalue weighted by Crippen LogP contribution is -2.69. The Labute approximate surface area is 331 Å². The van der Waals surface area contributed by atoms with E-state index in [1.165, 1.54) is 23.3 Å². The van der Waals surface area contributed by atoms with E-state index in [2.05, 4.69) is 13.0 Å². The molecule has 3 aromatic carbocycles. The maximum atomic E-state index is 13.6. The Balaban J connectivity index is 1.11. The normalized spacial score (nSPS) is 32.1. The Hall–Kier alpha value is -4.14. The second-order valence-electron chi connectivity index (χ2n) is 16.6. The van der Waals surface area contributed by atoms with Crippen molar-refractivity contribution in [3.63, 3.8) is 0 Å². The van der Waals surface area contributed by atoms with Crippen LogP contribution >= 0.6 is 0 Å². The van der Waals surface area contributed by atoms with E-state index in [4.69, 9.17) is 18.9 Å². The van der Waals surface area contributed by atoms with Crippen LogP contribution in [0.5, 0.6) is 11.5 Å². The molecule has 1 spiro atoms. The molecule has 12 nitrogen and oxygen atoms in total. The van der Waals surface area contributed by atoms with Gasteiger partial charge in [0.15, 0.2) is 5.78 Å². The molecule has 3 fully saturated rings. The van der Waals surface area contributed by atoms with E-state index in [1.807, 2.05) is 30.3 Å². The maximum Gasteiger partial charge on any atom is 0.335 e. The summed E-state index contributed by atoms with van der Waals surface area (Å²) in [6.45, 7) is 4.73. The van der Waals surface area contributed by atoms with Crippen molar-refractivity contribution in [3.8, 4) is 11.5 Å². The predicted octanol–water partition coefficient (Wildman–Crippen LogP) is 5.03. The fraction of sp³-hybridized carbons (Fsp3) is 0.511. The second-order valence-corrected chi connectivity index (χ2v) is 16.6. The Morgan fingerprint density at radius 3 is 2.60 bits per heavy atom. The summed E-state index contributed by atoms with van der Waals surface area (Å²) in [5, 5.41) is 66.9. The average molecular weight is 785 g/mol. The minimum atomic E-state index is -1.73. The number of hydrogen-bond acceptors (Lipinski definition) is 11. The Bertz CT molecular complexity index is 2110. The number of carboxylic acid groups (broad SMARTS) is 1. The number of allylic oxidation sites excluding steroid dienone is 2. The molecule has 9 unspecified atom stereocenters. The fourth-order valence-corrected chi connectivity index (χ4v) is 10.9. The zero-order valence-electron chi connectivity index (χ0n) is 32.4. The van der Waals surface area contributed by atoms with Crippen molar-refractivity contribution in [3.05, 3.63) is 93.6 Å². The van der Waals surface area contributed by atoms with Gasteiger partial charge in [-0.2, -0.15) is 0 Å². The van der Waals surface area contributed by atoms with Gasteiger partial charge in [0.2, 0.25) is 6.29 Å². The highest BCUT2D eigenvalue weighted by Gasteiger charge is 2.63. The summed E-state index contributed by atoms with van der Waals surface area (Å²) in [5.74, 6) is -1.90. The SMILES string of the molecule is Cc1cc2cc(C(=O)O)cc(OC3OC(CO)C4(CC5C6=C(CC=C6C6(CCCO)COCCC6C5C)CO4)C(O)C3O)c2c(O)c1C(=O)CCc1ccccc1. The smallest absolute Gasteiger partial charge is 0.335 e. The van der Waals surface area contributed by atoms with Gasteiger partial charge < -0.3 is 49.6 Å². The molecule has 3 heterocycles. The summed E-state index contributed by atoms with van der Waals surface area (Å²) in [4.78, 5) is 25.9. The number of carbonyl (C=O) groups excluding carboxylic acids is 1. The summed E-state index contributed by atoms with van der Waals surface area (Å²) in [7, 11) is 0. The molecular formula is C45H52O12. The Morgan fingerprint density at radius 2 is 1.86 bits per heavy atom. The number of benzene rings is 3. The first-order valence-electron chi connectivity index (χ1n) is 20.1. The number of aliphatic hydroxyl groups is 4. The number of rotatable bonds is 11. The largest absolute Gasteiger partial charge is 0.506 e. The van der Waals surface area contributed by atoms with Gasteiger partial charge >= 0.3 is 5.97 Å². The van der Waals surface area contributed by atoms with Crippen LogP contribution < -0.4 is 4.74 Å². The van der Waals surface area contributed by atoms with E-state index >= 15 is 0 Å². The molecule has 12 heteroatoms. The number of aromatic hydroxyl groups is 1. The number of fused-ring (bicyclic) bond motifs is 3. The zero-order chi connectivity index (χ0) is 40.2. The van der Waals surface area contributed by atoms with Gasteiger partial charge in [-0.25, -0.2) is 4.79 Å². The number of ether oxygens (including phenoxy) is 4. The number of carboxylic acids is 1. The van der Waals surface area contributed by atoms with Gasteiger partial charge in [-0.3, -0.25) is 4.79 Å². The quantitative estimate of drug-likeness (QED) is 0.142. The summed E-state index contributed by atoms with van der Waals surface area (Å²) >= 11 is 0. The van der Waals surface area contributed by atoms with Gasteiger partial charge in [-0.1, -0.05) is 49.4 Å². The van der Waals surface area contributed by atoms with Gasteiger partial charge in [0.05, 0.1) is 36.3 Å². The lowest BCUT2D eigenvalue weighted by atomic mass is 9.51. The van der Waals surface area contributed by atoms with Crippen LogP contribution in [0.3, 0.4) is 0 Å². The Morgan fingerprint density at radius 1 is 1.07 bits per heavy atom. The van der Waals surface area contributed by atoms with Crippen molar-refractivity contribution < 1.29 is 59.2 Å². The summed E-state index contributed by atoms with van der Waals surface area (Å²) < 4.78 is 25.3. The monoisotopic (exact) mass is 784 g/mol. The van der Waals surface area contributed by atoms with Gasteiger partial charge in [-0.05, 0) is 109 Å². The van der Waals surface area contributed by atoms with Gasteiger partial charge in [-0.15, -0.1) is 0 Å². The van der Waals surface area contributed by atoms with E-state index in [-0.39, 0.29) is 82.7 Å². The first kappa shape index (κ1) is 39.7. The molecule has 3 aromatic rings. The van der Waals surface area contributed by atoms with Gasteiger partial charge in [0.25, 0.3) is 0 Å². The number of aromatic carboxylic acids is 1. The lowest BCUT2D eigenvalue weighted by molar-refractivity contribution is -0.325. The van der Waals surface area contributed by atoms with E-state index < -0.39 is 48.5 Å². The molecule has 57 heavy (non-hydrogen) atoms. The molecule has 0 radical (unpaired) electrons. The van der Waals surface area contributed by atoms with Crippen LogP contribution in [-0.2, 0) is 20.6 Å². The van der Waals surface area contributed by atoms with E-state index in [1.54, 1.807) is 13.0 Å². The maximum absolute atomic E-state index is 13.6. The molecule has 5 aliphatic rings. The fourth-order valence-electron chi connectivity index (χ4n) is 10.9. The molecular weight excluding hydrogens is 732 g/mol. The number of ketones is 1. The standard InChI is InChI=1S/C45H52O12/c1-24-17-28-18-29(42(52)53)19-34(38(28)39(49)36(24)33(48)12-9-26-7-4-3-5-8-26)56-43-40(50)41(51)45(35(21-47)57-43)20-30-25(2)31-13-16-54-23-44(31,14-6-15-46)32-11-10-27(22-55-45)37(30)32/h3-5,7-8,11,17-19,25,30-31,35,40-41,43,46-47,49-51H,6,9-10,12-16,20-23H2,1-2H3,(H,52,53). The third kappa shape index (κ3) is 6.59. The molecule has 2 saturated heterocycles. The first-order chi connectivity index (χ1) is 27.4. The van der Waals surface area contributed by atoms with E-state index in [0.29, 0.717) is 38.0 Å². The zero-order valence-corrected chi connectivity index (χ0v) is 32.4. The topological polar surface area (TPSA) is 192 Å². The van der Waals surface area contributed by atoms with Crippen LogP contribution in [0.25, 0.3) is 10.8 Å². The summed E-state index contributed by atoms with van der Waals surface area (Å²) in [6, 6.07) is 13.6. The van der Waals surface area contributed by atoms with Crippen LogP contribution in [0.15, 0.2) is 71.3 Å². The van der Waals surface area contributed by atoms with Crippen LogP contribution in [0.1, 0.15) is 77.3 Å². The van der Waals surface area contributed by atoms with E-state index in [0.717, 1.165) is 24.0 Å². The highest BCUT2D eigenvalue weighted by Crippen LogP contribution is 2.63. The van der Waals surface area contributed by atoms with Crippen molar-refractivity contribution in [1.82, 2.24) is 0 Å². The predicted molar refractivity (Wildman–Crippen MR) is 208 cm³/mol. The molecule has 0 aromatic heterocycles. The molecule has 3 aliphatic heterocycles. The molecule has 304 valence electrons. The van der Waals surface area contributed by atoms with Crippen molar-refractivity contribution in [2.45, 2.75) is 89.0 Å². The Kier molecular flexibility index (Phi) is 10.8.